The van der Waals surface area contributed by atoms with E-state index < -0.39 is 5.91 Å². The van der Waals surface area contributed by atoms with Gasteiger partial charge < -0.3 is 9.47 Å². The van der Waals surface area contributed by atoms with Gasteiger partial charge in [0.25, 0.3) is 6.02 Å². The molecule has 0 aliphatic rings. The SMILES string of the molecule is COCCOC(=N)NC(=O)CC#N. The molecular weight excluding hydrogens is 174 g/mol. The molecule has 0 fully saturated rings. The van der Waals surface area contributed by atoms with E-state index in [1.807, 2.05) is 0 Å². The summed E-state index contributed by atoms with van der Waals surface area (Å²) < 4.78 is 9.37. The van der Waals surface area contributed by atoms with Gasteiger partial charge in [0.1, 0.15) is 13.0 Å². The highest BCUT2D eigenvalue weighted by atomic mass is 16.5. The van der Waals surface area contributed by atoms with Crippen LogP contribution in [0.15, 0.2) is 0 Å². The molecule has 72 valence electrons. The zero-order valence-corrected chi connectivity index (χ0v) is 7.29. The molecule has 0 aromatic heterocycles. The fourth-order valence-corrected chi connectivity index (χ4v) is 0.506. The van der Waals surface area contributed by atoms with Crippen LogP contribution in [-0.2, 0) is 14.3 Å². The molecule has 0 spiro atoms. The number of nitrogens with zero attached hydrogens (tertiary/aromatic N) is 1. The van der Waals surface area contributed by atoms with Gasteiger partial charge in [0.05, 0.1) is 12.7 Å². The summed E-state index contributed by atoms with van der Waals surface area (Å²) in [5.41, 5.74) is 0. The van der Waals surface area contributed by atoms with Gasteiger partial charge in [-0.15, -0.1) is 0 Å². The van der Waals surface area contributed by atoms with Crippen molar-refractivity contribution in [3.05, 3.63) is 0 Å². The van der Waals surface area contributed by atoms with Crippen LogP contribution in [0.5, 0.6) is 0 Å². The van der Waals surface area contributed by atoms with Crippen molar-refractivity contribution in [2.45, 2.75) is 6.42 Å². The van der Waals surface area contributed by atoms with E-state index in [1.54, 1.807) is 6.07 Å². The lowest BCUT2D eigenvalue weighted by atomic mass is 10.4. The lowest BCUT2D eigenvalue weighted by Gasteiger charge is -2.06. The first-order chi connectivity index (χ1) is 6.20. The second-order valence-electron chi connectivity index (χ2n) is 2.05. The maximum atomic E-state index is 10.7. The first-order valence-electron chi connectivity index (χ1n) is 3.57. The van der Waals surface area contributed by atoms with Crippen LogP contribution in [-0.4, -0.2) is 32.3 Å². The van der Waals surface area contributed by atoms with Crippen LogP contribution in [0.1, 0.15) is 6.42 Å². The minimum atomic E-state index is -0.551. The molecule has 2 N–H and O–H groups in total. The Hall–Kier alpha value is -1.61. The molecule has 6 heteroatoms. The number of carbonyl (C=O) groups is 1. The molecule has 0 bridgehead atoms. The maximum absolute atomic E-state index is 10.7. The standard InChI is InChI=1S/C7H11N3O3/c1-12-4-5-13-7(9)10-6(11)2-3-8/h2,4-5H2,1H3,(H2,9,10,11). The number of nitrogens with one attached hydrogen (secondary N) is 2. The molecule has 0 unspecified atom stereocenters. The average molecular weight is 185 g/mol. The molecule has 13 heavy (non-hydrogen) atoms. The predicted octanol–water partition coefficient (Wildman–Crippen LogP) is -0.386. The number of hydrogen-bond acceptors (Lipinski definition) is 5. The summed E-state index contributed by atoms with van der Waals surface area (Å²) in [6.45, 7) is 0.540. The number of methoxy groups -OCH3 is 1. The third-order valence-corrected chi connectivity index (χ3v) is 1.03. The molecule has 0 saturated carbocycles. The Labute approximate surface area is 75.9 Å². The zero-order valence-electron chi connectivity index (χ0n) is 7.29. The van der Waals surface area contributed by atoms with E-state index >= 15 is 0 Å². The van der Waals surface area contributed by atoms with Crippen molar-refractivity contribution in [2.24, 2.45) is 0 Å². The lowest BCUT2D eigenvalue weighted by molar-refractivity contribution is -0.119. The Morgan fingerprint density at radius 2 is 2.31 bits per heavy atom. The normalized spacial score (nSPS) is 8.62. The molecule has 0 saturated heterocycles. The van der Waals surface area contributed by atoms with E-state index in [-0.39, 0.29) is 19.0 Å². The minimum absolute atomic E-state index is 0.197. The van der Waals surface area contributed by atoms with Crippen molar-refractivity contribution in [1.82, 2.24) is 5.32 Å². The Morgan fingerprint density at radius 3 is 2.85 bits per heavy atom. The highest BCUT2D eigenvalue weighted by Gasteiger charge is 2.03. The second-order valence-corrected chi connectivity index (χ2v) is 2.05. The van der Waals surface area contributed by atoms with E-state index in [4.69, 9.17) is 15.4 Å². The molecule has 0 aromatic rings. The number of nitriles is 1. The van der Waals surface area contributed by atoms with E-state index in [0.717, 1.165) is 0 Å². The summed E-state index contributed by atoms with van der Waals surface area (Å²) in [5, 5.41) is 17.3. The minimum Gasteiger partial charge on any atom is -0.463 e. The number of amides is 1. The number of hydrogen-bond donors (Lipinski definition) is 2. The number of rotatable bonds is 4. The fraction of sp³-hybridized carbons (Fsp3) is 0.571. The molecule has 0 atom stereocenters. The Balaban J connectivity index is 3.51. The smallest absolute Gasteiger partial charge is 0.288 e. The first-order valence-corrected chi connectivity index (χ1v) is 3.57. The Morgan fingerprint density at radius 1 is 1.62 bits per heavy atom. The molecule has 0 aliphatic heterocycles. The van der Waals surface area contributed by atoms with Crippen LogP contribution in [0.3, 0.4) is 0 Å². The van der Waals surface area contributed by atoms with Gasteiger partial charge in [-0.05, 0) is 0 Å². The second kappa shape index (κ2) is 7.06. The van der Waals surface area contributed by atoms with Crippen LogP contribution in [0.2, 0.25) is 0 Å². The van der Waals surface area contributed by atoms with E-state index in [2.05, 4.69) is 10.1 Å². The van der Waals surface area contributed by atoms with Crippen molar-refractivity contribution in [2.75, 3.05) is 20.3 Å². The summed E-state index contributed by atoms with van der Waals surface area (Å²) in [4.78, 5) is 10.7. The topological polar surface area (TPSA) is 95.2 Å². The molecule has 0 rings (SSSR count). The third kappa shape index (κ3) is 6.77. The summed E-state index contributed by atoms with van der Waals surface area (Å²) >= 11 is 0. The first kappa shape index (κ1) is 11.4. The summed E-state index contributed by atoms with van der Waals surface area (Å²) in [6.07, 6.45) is -0.282. The summed E-state index contributed by atoms with van der Waals surface area (Å²) in [5.74, 6) is -0.551. The molecule has 0 heterocycles. The molecular formula is C7H11N3O3. The molecule has 0 radical (unpaired) electrons. The molecule has 0 aliphatic carbocycles. The van der Waals surface area contributed by atoms with Gasteiger partial charge in [-0.3, -0.25) is 15.5 Å². The van der Waals surface area contributed by atoms with Crippen LogP contribution < -0.4 is 5.32 Å². The lowest BCUT2D eigenvalue weighted by Crippen LogP contribution is -2.31. The van der Waals surface area contributed by atoms with Crippen molar-refractivity contribution in [3.8, 4) is 6.07 Å². The summed E-state index contributed by atoms with van der Waals surface area (Å²) in [7, 11) is 1.50. The quantitative estimate of drug-likeness (QED) is 0.354. The monoisotopic (exact) mass is 185 g/mol. The van der Waals surface area contributed by atoms with Gasteiger partial charge in [0, 0.05) is 7.11 Å². The fourth-order valence-electron chi connectivity index (χ4n) is 0.506. The average Bonchev–Trinajstić information content (AvgIpc) is 2.05. The highest BCUT2D eigenvalue weighted by molar-refractivity contribution is 5.93. The van der Waals surface area contributed by atoms with Crippen molar-refractivity contribution >= 4 is 11.9 Å². The predicted molar refractivity (Wildman–Crippen MR) is 43.9 cm³/mol. The maximum Gasteiger partial charge on any atom is 0.288 e. The number of carbonyl (C=O) groups excluding carboxylic acids is 1. The van der Waals surface area contributed by atoms with Crippen LogP contribution in [0.4, 0.5) is 0 Å². The highest BCUT2D eigenvalue weighted by Crippen LogP contribution is 1.79. The largest absolute Gasteiger partial charge is 0.463 e. The van der Waals surface area contributed by atoms with Crippen molar-refractivity contribution in [3.63, 3.8) is 0 Å². The van der Waals surface area contributed by atoms with Gasteiger partial charge in [0.2, 0.25) is 5.91 Å². The molecule has 6 nitrogen and oxygen atoms in total. The third-order valence-electron chi connectivity index (χ3n) is 1.03. The van der Waals surface area contributed by atoms with E-state index in [1.165, 1.54) is 7.11 Å². The summed E-state index contributed by atoms with van der Waals surface area (Å²) in [6, 6.07) is 1.29. The zero-order chi connectivity index (χ0) is 10.1. The van der Waals surface area contributed by atoms with Gasteiger partial charge in [0.15, 0.2) is 0 Å². The van der Waals surface area contributed by atoms with Crippen LogP contribution >= 0.6 is 0 Å². The number of amidine groups is 1. The van der Waals surface area contributed by atoms with Crippen molar-refractivity contribution < 1.29 is 14.3 Å². The number of ether oxygens (including phenoxy) is 2. The van der Waals surface area contributed by atoms with Crippen molar-refractivity contribution in [1.29, 1.82) is 10.7 Å². The van der Waals surface area contributed by atoms with Gasteiger partial charge in [-0.25, -0.2) is 0 Å². The van der Waals surface area contributed by atoms with Gasteiger partial charge in [-0.1, -0.05) is 0 Å². The van der Waals surface area contributed by atoms with Gasteiger partial charge in [-0.2, -0.15) is 5.26 Å². The van der Waals surface area contributed by atoms with E-state index in [9.17, 15) is 4.79 Å². The Kier molecular flexibility index (Phi) is 6.19. The molecule has 0 aromatic carbocycles. The Bertz CT molecular complexity index is 222. The van der Waals surface area contributed by atoms with Crippen LogP contribution in [0, 0.1) is 16.7 Å². The van der Waals surface area contributed by atoms with Crippen LogP contribution in [0.25, 0.3) is 0 Å². The molecule has 1 amide bonds. The van der Waals surface area contributed by atoms with Gasteiger partial charge >= 0.3 is 0 Å². The van der Waals surface area contributed by atoms with E-state index in [0.29, 0.717) is 6.61 Å².